The molecule has 0 aliphatic heterocycles. The van der Waals surface area contributed by atoms with E-state index in [-0.39, 0.29) is 5.76 Å². The van der Waals surface area contributed by atoms with Crippen LogP contribution in [0.4, 0.5) is 5.88 Å². The van der Waals surface area contributed by atoms with Crippen LogP contribution in [0.15, 0.2) is 40.8 Å². The van der Waals surface area contributed by atoms with Gasteiger partial charge in [0.2, 0.25) is 0 Å². The van der Waals surface area contributed by atoms with E-state index in [9.17, 15) is 14.9 Å². The summed E-state index contributed by atoms with van der Waals surface area (Å²) in [5, 5.41) is 13.9. The maximum Gasteiger partial charge on any atom is 0.433 e. The Morgan fingerprint density at radius 3 is 2.38 bits per heavy atom. The molecule has 0 bridgehead atoms. The summed E-state index contributed by atoms with van der Waals surface area (Å²) in [5.41, 5.74) is 0.171. The number of halogens is 1. The number of carbonyl (C=O) groups excluding carboxylic acids is 1. The normalized spacial score (nSPS) is 11.2. The lowest BCUT2D eigenvalue weighted by molar-refractivity contribution is -0.402. The molecule has 0 radical (unpaired) electrons. The average molecular weight is 309 g/mol. The minimum Gasteiger partial charge on any atom is -0.395 e. The lowest BCUT2D eigenvalue weighted by Gasteiger charge is -2.26. The summed E-state index contributed by atoms with van der Waals surface area (Å²) >= 11 is 5.83. The molecule has 0 fully saturated rings. The third kappa shape index (κ3) is 3.41. The zero-order valence-corrected chi connectivity index (χ0v) is 12.2. The summed E-state index contributed by atoms with van der Waals surface area (Å²) in [6, 6.07) is 9.46. The molecule has 7 heteroatoms. The Hall–Kier alpha value is -2.34. The number of hydrogen-bond donors (Lipinski definition) is 1. The van der Waals surface area contributed by atoms with Crippen molar-refractivity contribution in [2.24, 2.45) is 0 Å². The predicted molar refractivity (Wildman–Crippen MR) is 77.3 cm³/mol. The van der Waals surface area contributed by atoms with Crippen LogP contribution in [0.2, 0.25) is 5.02 Å². The van der Waals surface area contributed by atoms with E-state index in [4.69, 9.17) is 16.0 Å². The molecule has 1 amide bonds. The van der Waals surface area contributed by atoms with Crippen LogP contribution in [0.25, 0.3) is 0 Å². The average Bonchev–Trinajstić information content (AvgIpc) is 2.88. The van der Waals surface area contributed by atoms with Crippen LogP contribution < -0.4 is 5.32 Å². The Bertz CT molecular complexity index is 677. The summed E-state index contributed by atoms with van der Waals surface area (Å²) in [5.74, 6) is -1.10. The van der Waals surface area contributed by atoms with Gasteiger partial charge in [-0.3, -0.25) is 14.9 Å². The number of rotatable bonds is 4. The number of nitrogens with zero attached hydrogens (tertiary/aromatic N) is 1. The molecule has 110 valence electrons. The summed E-state index contributed by atoms with van der Waals surface area (Å²) in [7, 11) is 0. The minimum atomic E-state index is -0.693. The molecule has 6 nitrogen and oxygen atoms in total. The van der Waals surface area contributed by atoms with Crippen molar-refractivity contribution in [1.82, 2.24) is 5.32 Å². The Morgan fingerprint density at radius 2 is 1.86 bits per heavy atom. The number of nitro groups is 1. The molecule has 0 saturated heterocycles. The third-order valence-electron chi connectivity index (χ3n) is 2.99. The molecule has 0 saturated carbocycles. The summed E-state index contributed by atoms with van der Waals surface area (Å²) in [6.07, 6.45) is 0. The first kappa shape index (κ1) is 15.1. The first-order valence-corrected chi connectivity index (χ1v) is 6.50. The molecule has 2 rings (SSSR count). The highest BCUT2D eigenvalue weighted by atomic mass is 35.5. The Morgan fingerprint density at radius 1 is 1.24 bits per heavy atom. The van der Waals surface area contributed by atoms with Crippen LogP contribution in [0.3, 0.4) is 0 Å². The molecule has 21 heavy (non-hydrogen) atoms. The topological polar surface area (TPSA) is 85.4 Å². The highest BCUT2D eigenvalue weighted by molar-refractivity contribution is 6.30. The SMILES string of the molecule is CC(C)(NC(=O)c1ccc([N+](=O)[O-])o1)c1ccc(Cl)cc1. The first-order valence-electron chi connectivity index (χ1n) is 6.12. The number of benzene rings is 1. The van der Waals surface area contributed by atoms with Gasteiger partial charge in [-0.2, -0.15) is 0 Å². The molecule has 0 unspecified atom stereocenters. The smallest absolute Gasteiger partial charge is 0.395 e. The van der Waals surface area contributed by atoms with E-state index < -0.39 is 22.3 Å². The van der Waals surface area contributed by atoms with Crippen molar-refractivity contribution in [3.8, 4) is 0 Å². The number of furan rings is 1. The molecule has 0 aliphatic rings. The first-order chi connectivity index (χ1) is 9.79. The van der Waals surface area contributed by atoms with E-state index in [2.05, 4.69) is 5.32 Å². The lowest BCUT2D eigenvalue weighted by Crippen LogP contribution is -2.40. The minimum absolute atomic E-state index is 0.108. The van der Waals surface area contributed by atoms with Gasteiger partial charge in [0.15, 0.2) is 5.76 Å². The van der Waals surface area contributed by atoms with Gasteiger partial charge >= 0.3 is 5.88 Å². The highest BCUT2D eigenvalue weighted by Gasteiger charge is 2.26. The van der Waals surface area contributed by atoms with Gasteiger partial charge in [-0.25, -0.2) is 0 Å². The second kappa shape index (κ2) is 5.57. The van der Waals surface area contributed by atoms with Crippen LogP contribution in [0, 0.1) is 10.1 Å². The molecule has 1 aromatic heterocycles. The van der Waals surface area contributed by atoms with Crippen LogP contribution in [0.5, 0.6) is 0 Å². The van der Waals surface area contributed by atoms with Gasteiger partial charge in [0, 0.05) is 5.02 Å². The number of nitrogens with one attached hydrogen (secondary N) is 1. The summed E-state index contributed by atoms with van der Waals surface area (Å²) in [4.78, 5) is 21.9. The number of carbonyl (C=O) groups is 1. The van der Waals surface area contributed by atoms with Gasteiger partial charge in [0.1, 0.15) is 4.92 Å². The molecule has 0 spiro atoms. The van der Waals surface area contributed by atoms with Gasteiger partial charge < -0.3 is 9.73 Å². The summed E-state index contributed by atoms with van der Waals surface area (Å²) < 4.78 is 4.88. The third-order valence-corrected chi connectivity index (χ3v) is 3.24. The van der Waals surface area contributed by atoms with E-state index >= 15 is 0 Å². The van der Waals surface area contributed by atoms with E-state index in [1.165, 1.54) is 6.07 Å². The van der Waals surface area contributed by atoms with Gasteiger partial charge in [-0.15, -0.1) is 0 Å². The Labute approximate surface area is 125 Å². The molecule has 0 atom stereocenters. The van der Waals surface area contributed by atoms with Gasteiger partial charge in [-0.05, 0) is 37.6 Å². The van der Waals surface area contributed by atoms with Gasteiger partial charge in [0.25, 0.3) is 5.91 Å². The quantitative estimate of drug-likeness (QED) is 0.692. The second-order valence-electron chi connectivity index (χ2n) is 4.98. The fraction of sp³-hybridized carbons (Fsp3) is 0.214. The molecular formula is C14H13ClN2O4. The Balaban J connectivity index is 2.16. The number of hydrogen-bond acceptors (Lipinski definition) is 4. The van der Waals surface area contributed by atoms with Crippen molar-refractivity contribution in [2.75, 3.05) is 0 Å². The van der Waals surface area contributed by atoms with Crippen LogP contribution in [0.1, 0.15) is 30.0 Å². The molecule has 1 heterocycles. The zero-order chi connectivity index (χ0) is 15.6. The van der Waals surface area contributed by atoms with E-state index in [1.807, 2.05) is 13.8 Å². The van der Waals surface area contributed by atoms with Crippen molar-refractivity contribution in [3.63, 3.8) is 0 Å². The fourth-order valence-corrected chi connectivity index (χ4v) is 1.96. The highest BCUT2D eigenvalue weighted by Crippen LogP contribution is 2.23. The molecular weight excluding hydrogens is 296 g/mol. The van der Waals surface area contributed by atoms with Crippen molar-refractivity contribution in [1.29, 1.82) is 0 Å². The molecule has 1 N–H and O–H groups in total. The molecule has 2 aromatic rings. The van der Waals surface area contributed by atoms with Crippen LogP contribution in [-0.4, -0.2) is 10.8 Å². The largest absolute Gasteiger partial charge is 0.433 e. The Kier molecular flexibility index (Phi) is 3.99. The second-order valence-corrected chi connectivity index (χ2v) is 5.42. The van der Waals surface area contributed by atoms with Crippen LogP contribution >= 0.6 is 11.6 Å². The standard InChI is InChI=1S/C14H13ClN2O4/c1-14(2,9-3-5-10(15)6-4-9)16-13(18)11-7-8-12(21-11)17(19)20/h3-8H,1-2H3,(H,16,18). The number of amides is 1. The molecule has 1 aromatic carbocycles. The van der Waals surface area contributed by atoms with E-state index in [0.29, 0.717) is 5.02 Å². The van der Waals surface area contributed by atoms with Gasteiger partial charge in [-0.1, -0.05) is 23.7 Å². The fourth-order valence-electron chi connectivity index (χ4n) is 1.83. The zero-order valence-electron chi connectivity index (χ0n) is 11.4. The van der Waals surface area contributed by atoms with E-state index in [0.717, 1.165) is 11.6 Å². The van der Waals surface area contributed by atoms with Crippen molar-refractivity contribution in [3.05, 3.63) is 62.9 Å². The maximum atomic E-state index is 12.1. The lowest BCUT2D eigenvalue weighted by atomic mass is 9.94. The van der Waals surface area contributed by atoms with Crippen molar-refractivity contribution >= 4 is 23.4 Å². The monoisotopic (exact) mass is 308 g/mol. The maximum absolute atomic E-state index is 12.1. The predicted octanol–water partition coefficient (Wildman–Crippen LogP) is 3.51. The van der Waals surface area contributed by atoms with E-state index in [1.54, 1.807) is 24.3 Å². The summed E-state index contributed by atoms with van der Waals surface area (Å²) in [6.45, 7) is 3.62. The van der Waals surface area contributed by atoms with Crippen molar-refractivity contribution < 1.29 is 14.1 Å². The van der Waals surface area contributed by atoms with Gasteiger partial charge in [0.05, 0.1) is 11.6 Å². The van der Waals surface area contributed by atoms with Crippen LogP contribution in [-0.2, 0) is 5.54 Å². The van der Waals surface area contributed by atoms with Crippen molar-refractivity contribution in [2.45, 2.75) is 19.4 Å². The molecule has 0 aliphatic carbocycles.